The van der Waals surface area contributed by atoms with Crippen molar-refractivity contribution in [1.29, 1.82) is 0 Å². The summed E-state index contributed by atoms with van der Waals surface area (Å²) in [5.41, 5.74) is 0.812. The van der Waals surface area contributed by atoms with Crippen molar-refractivity contribution in [2.24, 2.45) is 0 Å². The second-order valence-corrected chi connectivity index (χ2v) is 5.64. The van der Waals surface area contributed by atoms with Gasteiger partial charge in [0.25, 0.3) is 0 Å². The van der Waals surface area contributed by atoms with Gasteiger partial charge in [0.15, 0.2) is 0 Å². The van der Waals surface area contributed by atoms with E-state index in [2.05, 4.69) is 24.4 Å². The van der Waals surface area contributed by atoms with Crippen LogP contribution in [0.15, 0.2) is 30.3 Å². The van der Waals surface area contributed by atoms with E-state index in [0.29, 0.717) is 0 Å². The largest absolute Gasteiger partial charge is 0.394 e. The molecule has 108 valence electrons. The highest BCUT2D eigenvalue weighted by Crippen LogP contribution is 2.25. The summed E-state index contributed by atoms with van der Waals surface area (Å²) >= 11 is 1.86. The lowest BCUT2D eigenvalue weighted by Crippen LogP contribution is -2.48. The van der Waals surface area contributed by atoms with Gasteiger partial charge in [0.05, 0.1) is 12.1 Å². The van der Waals surface area contributed by atoms with E-state index in [-0.39, 0.29) is 12.1 Å². The van der Waals surface area contributed by atoms with Crippen LogP contribution in [0.3, 0.4) is 0 Å². The summed E-state index contributed by atoms with van der Waals surface area (Å²) in [6.07, 6.45) is 1.05. The van der Waals surface area contributed by atoms with Gasteiger partial charge in [-0.1, -0.05) is 37.3 Å². The number of benzene rings is 1. The SMILES string of the molecule is CCNC(CO)(CSCCCOC)c1ccccc1. The Labute approximate surface area is 120 Å². The lowest BCUT2D eigenvalue weighted by Gasteiger charge is -2.33. The first-order valence-corrected chi connectivity index (χ1v) is 7.92. The van der Waals surface area contributed by atoms with Crippen LogP contribution in [-0.4, -0.2) is 43.5 Å². The molecule has 0 aliphatic heterocycles. The Hall–Kier alpha value is -0.550. The summed E-state index contributed by atoms with van der Waals surface area (Å²) in [7, 11) is 1.73. The Morgan fingerprint density at radius 1 is 1.32 bits per heavy atom. The van der Waals surface area contributed by atoms with Gasteiger partial charge >= 0.3 is 0 Å². The van der Waals surface area contributed by atoms with Crippen LogP contribution >= 0.6 is 11.8 Å². The Morgan fingerprint density at radius 2 is 2.05 bits per heavy atom. The maximum atomic E-state index is 9.86. The molecule has 1 aromatic rings. The van der Waals surface area contributed by atoms with Crippen molar-refractivity contribution in [1.82, 2.24) is 5.32 Å². The van der Waals surface area contributed by atoms with Gasteiger partial charge in [-0.05, 0) is 24.3 Å². The second kappa shape index (κ2) is 9.37. The predicted octanol–water partition coefficient (Wildman–Crippen LogP) is 2.25. The van der Waals surface area contributed by atoms with Crippen molar-refractivity contribution in [3.05, 3.63) is 35.9 Å². The molecule has 1 unspecified atom stereocenters. The molecule has 19 heavy (non-hydrogen) atoms. The zero-order chi connectivity index (χ0) is 14.0. The van der Waals surface area contributed by atoms with Crippen LogP contribution in [0.4, 0.5) is 0 Å². The average molecular weight is 283 g/mol. The van der Waals surface area contributed by atoms with Crippen LogP contribution in [-0.2, 0) is 10.3 Å². The monoisotopic (exact) mass is 283 g/mol. The lowest BCUT2D eigenvalue weighted by atomic mass is 9.92. The topological polar surface area (TPSA) is 41.5 Å². The number of likely N-dealkylation sites (N-methyl/N-ethyl adjacent to an activating group) is 1. The Balaban J connectivity index is 2.65. The molecule has 0 amide bonds. The molecule has 2 N–H and O–H groups in total. The maximum absolute atomic E-state index is 9.86. The first-order chi connectivity index (χ1) is 9.29. The molecule has 0 fully saturated rings. The van der Waals surface area contributed by atoms with E-state index in [9.17, 15) is 5.11 Å². The minimum atomic E-state index is -0.340. The van der Waals surface area contributed by atoms with Gasteiger partial charge in [-0.25, -0.2) is 0 Å². The molecule has 3 nitrogen and oxygen atoms in total. The summed E-state index contributed by atoms with van der Waals surface area (Å²) in [6, 6.07) is 10.2. The number of methoxy groups -OCH3 is 1. The number of hydrogen-bond donors (Lipinski definition) is 2. The quantitative estimate of drug-likeness (QED) is 0.646. The summed E-state index contributed by atoms with van der Waals surface area (Å²) in [5, 5.41) is 13.3. The van der Waals surface area contributed by atoms with Crippen LogP contribution in [0, 0.1) is 0 Å². The molecule has 0 radical (unpaired) electrons. The van der Waals surface area contributed by atoms with E-state index >= 15 is 0 Å². The minimum absolute atomic E-state index is 0.113. The number of ether oxygens (including phenoxy) is 1. The van der Waals surface area contributed by atoms with E-state index < -0.39 is 0 Å². The van der Waals surface area contributed by atoms with Gasteiger partial charge in [-0.15, -0.1) is 0 Å². The fourth-order valence-corrected chi connectivity index (χ4v) is 3.25. The van der Waals surface area contributed by atoms with Gasteiger partial charge in [-0.2, -0.15) is 11.8 Å². The van der Waals surface area contributed by atoms with E-state index in [1.165, 1.54) is 0 Å². The first-order valence-electron chi connectivity index (χ1n) is 6.77. The molecule has 0 aliphatic carbocycles. The maximum Gasteiger partial charge on any atom is 0.0760 e. The highest BCUT2D eigenvalue weighted by Gasteiger charge is 2.30. The third-order valence-electron chi connectivity index (χ3n) is 3.10. The van der Waals surface area contributed by atoms with Crippen molar-refractivity contribution >= 4 is 11.8 Å². The number of hydrogen-bond acceptors (Lipinski definition) is 4. The number of aliphatic hydroxyl groups is 1. The fourth-order valence-electron chi connectivity index (χ4n) is 2.08. The van der Waals surface area contributed by atoms with Gasteiger partial charge in [0.1, 0.15) is 0 Å². The van der Waals surface area contributed by atoms with Gasteiger partial charge in [0, 0.05) is 19.5 Å². The molecule has 0 bridgehead atoms. The van der Waals surface area contributed by atoms with Crippen molar-refractivity contribution < 1.29 is 9.84 Å². The van der Waals surface area contributed by atoms with Gasteiger partial charge in [0.2, 0.25) is 0 Å². The van der Waals surface area contributed by atoms with Crippen molar-refractivity contribution in [2.45, 2.75) is 18.9 Å². The van der Waals surface area contributed by atoms with E-state index in [0.717, 1.165) is 36.6 Å². The van der Waals surface area contributed by atoms with Crippen molar-refractivity contribution in [3.8, 4) is 0 Å². The highest BCUT2D eigenvalue weighted by molar-refractivity contribution is 7.99. The summed E-state index contributed by atoms with van der Waals surface area (Å²) in [4.78, 5) is 0. The highest BCUT2D eigenvalue weighted by atomic mass is 32.2. The third-order valence-corrected chi connectivity index (χ3v) is 4.37. The smallest absolute Gasteiger partial charge is 0.0760 e. The lowest BCUT2D eigenvalue weighted by molar-refractivity contribution is 0.181. The molecular formula is C15H25NO2S. The summed E-state index contributed by atoms with van der Waals surface area (Å²) in [5.74, 6) is 1.92. The second-order valence-electron chi connectivity index (χ2n) is 4.54. The van der Waals surface area contributed by atoms with E-state index in [4.69, 9.17) is 4.74 Å². The molecule has 1 aromatic carbocycles. The van der Waals surface area contributed by atoms with E-state index in [1.807, 2.05) is 30.0 Å². The summed E-state index contributed by atoms with van der Waals surface area (Å²) in [6.45, 7) is 3.82. The Bertz CT molecular complexity index is 334. The van der Waals surface area contributed by atoms with Crippen LogP contribution in [0.1, 0.15) is 18.9 Å². The molecule has 0 aliphatic rings. The van der Waals surface area contributed by atoms with Crippen LogP contribution in [0.5, 0.6) is 0 Å². The molecule has 0 spiro atoms. The number of thioether (sulfide) groups is 1. The van der Waals surface area contributed by atoms with Crippen molar-refractivity contribution in [3.63, 3.8) is 0 Å². The predicted molar refractivity (Wildman–Crippen MR) is 82.7 cm³/mol. The molecule has 0 saturated carbocycles. The van der Waals surface area contributed by atoms with Crippen LogP contribution < -0.4 is 5.32 Å². The molecule has 0 saturated heterocycles. The number of nitrogens with one attached hydrogen (secondary N) is 1. The van der Waals surface area contributed by atoms with Gasteiger partial charge in [-0.3, -0.25) is 0 Å². The molecule has 0 heterocycles. The van der Waals surface area contributed by atoms with Crippen LogP contribution in [0.25, 0.3) is 0 Å². The van der Waals surface area contributed by atoms with E-state index in [1.54, 1.807) is 7.11 Å². The number of aliphatic hydroxyl groups excluding tert-OH is 1. The molecule has 4 heteroatoms. The zero-order valence-corrected chi connectivity index (χ0v) is 12.7. The zero-order valence-electron chi connectivity index (χ0n) is 11.9. The normalized spacial score (nSPS) is 14.3. The molecule has 1 atom stereocenters. The minimum Gasteiger partial charge on any atom is -0.394 e. The van der Waals surface area contributed by atoms with Crippen molar-refractivity contribution in [2.75, 3.05) is 38.4 Å². The molecular weight excluding hydrogens is 258 g/mol. The third kappa shape index (κ3) is 5.15. The number of rotatable bonds is 10. The first kappa shape index (κ1) is 16.5. The Kier molecular flexibility index (Phi) is 8.14. The fraction of sp³-hybridized carbons (Fsp3) is 0.600. The molecule has 0 aromatic heterocycles. The Morgan fingerprint density at radius 3 is 2.63 bits per heavy atom. The standard InChI is InChI=1S/C15H25NO2S/c1-3-16-15(12-17,13-19-11-7-10-18-2)14-8-5-4-6-9-14/h4-6,8-9,16-17H,3,7,10-13H2,1-2H3. The van der Waals surface area contributed by atoms with Gasteiger partial charge < -0.3 is 15.2 Å². The average Bonchev–Trinajstić information content (AvgIpc) is 2.47. The van der Waals surface area contributed by atoms with Crippen LogP contribution in [0.2, 0.25) is 0 Å². The summed E-state index contributed by atoms with van der Waals surface area (Å²) < 4.78 is 5.05. The molecule has 1 rings (SSSR count).